The molecule has 20 heavy (non-hydrogen) atoms. The zero-order valence-corrected chi connectivity index (χ0v) is 12.7. The largest absolute Gasteiger partial charge is 0.317 e. The molecule has 1 heterocycles. The molecule has 0 aromatic carbocycles. The molecule has 0 amide bonds. The molecule has 1 aliphatic carbocycles. The van der Waals surface area contributed by atoms with E-state index >= 15 is 0 Å². The van der Waals surface area contributed by atoms with Crippen LogP contribution in [0.3, 0.4) is 0 Å². The smallest absolute Gasteiger partial charge is 0.212 e. The summed E-state index contributed by atoms with van der Waals surface area (Å²) in [6, 6.07) is 4.34. The van der Waals surface area contributed by atoms with Gasteiger partial charge in [-0.05, 0) is 56.8 Å². The molecule has 0 aliphatic heterocycles. The molecular formula is C14H23N3O2S. The summed E-state index contributed by atoms with van der Waals surface area (Å²) >= 11 is 0. The van der Waals surface area contributed by atoms with Crippen LogP contribution in [0.4, 0.5) is 0 Å². The molecule has 0 radical (unpaired) electrons. The fourth-order valence-corrected chi connectivity index (χ4v) is 3.98. The quantitative estimate of drug-likeness (QED) is 0.824. The minimum atomic E-state index is -3.19. The van der Waals surface area contributed by atoms with Gasteiger partial charge in [-0.1, -0.05) is 0 Å². The molecule has 0 atom stereocenters. The van der Waals surface area contributed by atoms with Gasteiger partial charge in [-0.2, -0.15) is 0 Å². The topological polar surface area (TPSA) is 71.1 Å². The van der Waals surface area contributed by atoms with Crippen molar-refractivity contribution in [3.05, 3.63) is 30.1 Å². The summed E-state index contributed by atoms with van der Waals surface area (Å²) in [6.45, 7) is 0. The SMILES string of the molecule is CNC1CCC(NS(=O)(=O)CCc2ccncc2)CC1. The Bertz CT molecular complexity index is 496. The van der Waals surface area contributed by atoms with Crippen molar-refractivity contribution >= 4 is 10.0 Å². The van der Waals surface area contributed by atoms with Gasteiger partial charge < -0.3 is 5.32 Å². The van der Waals surface area contributed by atoms with E-state index in [1.165, 1.54) is 0 Å². The van der Waals surface area contributed by atoms with Gasteiger partial charge in [-0.3, -0.25) is 4.98 Å². The lowest BCUT2D eigenvalue weighted by Crippen LogP contribution is -2.42. The maximum atomic E-state index is 12.1. The zero-order valence-electron chi connectivity index (χ0n) is 11.9. The first kappa shape index (κ1) is 15.4. The lowest BCUT2D eigenvalue weighted by molar-refractivity contribution is 0.343. The molecular weight excluding hydrogens is 274 g/mol. The lowest BCUT2D eigenvalue weighted by atomic mass is 9.92. The van der Waals surface area contributed by atoms with E-state index in [0.29, 0.717) is 12.5 Å². The first-order valence-corrected chi connectivity index (χ1v) is 8.80. The fourth-order valence-electron chi connectivity index (χ4n) is 2.61. The second kappa shape index (κ2) is 7.15. The molecule has 1 aromatic heterocycles. The highest BCUT2D eigenvalue weighted by atomic mass is 32.2. The fraction of sp³-hybridized carbons (Fsp3) is 0.643. The van der Waals surface area contributed by atoms with Crippen molar-refractivity contribution in [1.29, 1.82) is 0 Å². The third kappa shape index (κ3) is 4.85. The minimum Gasteiger partial charge on any atom is -0.317 e. The van der Waals surface area contributed by atoms with Crippen molar-refractivity contribution in [1.82, 2.24) is 15.0 Å². The van der Waals surface area contributed by atoms with Crippen LogP contribution in [0.2, 0.25) is 0 Å². The van der Waals surface area contributed by atoms with Crippen LogP contribution in [0.25, 0.3) is 0 Å². The highest BCUT2D eigenvalue weighted by Gasteiger charge is 2.23. The van der Waals surface area contributed by atoms with Crippen LogP contribution in [0, 0.1) is 0 Å². The number of pyridine rings is 1. The van der Waals surface area contributed by atoms with Crippen molar-refractivity contribution in [3.8, 4) is 0 Å². The molecule has 1 fully saturated rings. The van der Waals surface area contributed by atoms with E-state index in [4.69, 9.17) is 0 Å². The molecule has 5 nitrogen and oxygen atoms in total. The second-order valence-electron chi connectivity index (χ2n) is 5.38. The summed E-state index contributed by atoms with van der Waals surface area (Å²) in [5, 5.41) is 3.25. The average molecular weight is 297 g/mol. The zero-order chi connectivity index (χ0) is 14.4. The van der Waals surface area contributed by atoms with E-state index in [1.54, 1.807) is 12.4 Å². The molecule has 2 N–H and O–H groups in total. The first-order valence-electron chi connectivity index (χ1n) is 7.15. The van der Waals surface area contributed by atoms with Gasteiger partial charge in [0, 0.05) is 24.5 Å². The van der Waals surface area contributed by atoms with Crippen LogP contribution in [-0.4, -0.2) is 38.3 Å². The van der Waals surface area contributed by atoms with Crippen LogP contribution in [-0.2, 0) is 16.4 Å². The van der Waals surface area contributed by atoms with E-state index in [1.807, 2.05) is 19.2 Å². The van der Waals surface area contributed by atoms with Gasteiger partial charge in [0.05, 0.1) is 5.75 Å². The predicted octanol–water partition coefficient (Wildman–Crippen LogP) is 1.07. The summed E-state index contributed by atoms with van der Waals surface area (Å²) in [4.78, 5) is 3.93. The Hall–Kier alpha value is -0.980. The van der Waals surface area contributed by atoms with Crippen LogP contribution in [0.1, 0.15) is 31.2 Å². The molecule has 1 aliphatic rings. The van der Waals surface area contributed by atoms with Gasteiger partial charge >= 0.3 is 0 Å². The molecule has 2 rings (SSSR count). The summed E-state index contributed by atoms with van der Waals surface area (Å²) in [6.07, 6.45) is 7.81. The Morgan fingerprint density at radius 2 is 1.75 bits per heavy atom. The van der Waals surface area contributed by atoms with Crippen molar-refractivity contribution in [2.24, 2.45) is 0 Å². The number of rotatable bonds is 6. The molecule has 6 heteroatoms. The highest BCUT2D eigenvalue weighted by Crippen LogP contribution is 2.19. The van der Waals surface area contributed by atoms with Gasteiger partial charge in [-0.25, -0.2) is 13.1 Å². The van der Waals surface area contributed by atoms with E-state index < -0.39 is 10.0 Å². The lowest BCUT2D eigenvalue weighted by Gasteiger charge is -2.28. The van der Waals surface area contributed by atoms with Crippen LogP contribution < -0.4 is 10.0 Å². The van der Waals surface area contributed by atoms with Gasteiger partial charge in [0.15, 0.2) is 0 Å². The second-order valence-corrected chi connectivity index (χ2v) is 7.25. The van der Waals surface area contributed by atoms with Crippen LogP contribution in [0.5, 0.6) is 0 Å². The van der Waals surface area contributed by atoms with Crippen molar-refractivity contribution in [3.63, 3.8) is 0 Å². The Balaban J connectivity index is 1.79. The minimum absolute atomic E-state index is 0.0991. The molecule has 112 valence electrons. The van der Waals surface area contributed by atoms with E-state index in [9.17, 15) is 8.42 Å². The summed E-state index contributed by atoms with van der Waals surface area (Å²) in [5.41, 5.74) is 1.00. The van der Waals surface area contributed by atoms with Crippen molar-refractivity contribution < 1.29 is 8.42 Å². The van der Waals surface area contributed by atoms with Crippen LogP contribution in [0.15, 0.2) is 24.5 Å². The predicted molar refractivity (Wildman–Crippen MR) is 80.0 cm³/mol. The standard InChI is InChI=1S/C14H23N3O2S/c1-15-13-2-4-14(5-3-13)17-20(18,19)11-8-12-6-9-16-10-7-12/h6-7,9-10,13-15,17H,2-5,8,11H2,1H3. The maximum absolute atomic E-state index is 12.1. The van der Waals surface area contributed by atoms with Gasteiger partial charge in [-0.15, -0.1) is 0 Å². The maximum Gasteiger partial charge on any atom is 0.212 e. The first-order chi connectivity index (χ1) is 9.59. The molecule has 0 unspecified atom stereocenters. The Morgan fingerprint density at radius 1 is 1.15 bits per heavy atom. The number of sulfonamides is 1. The van der Waals surface area contributed by atoms with Gasteiger partial charge in [0.2, 0.25) is 10.0 Å². The number of nitrogens with one attached hydrogen (secondary N) is 2. The molecule has 0 saturated heterocycles. The van der Waals surface area contributed by atoms with Crippen molar-refractivity contribution in [2.75, 3.05) is 12.8 Å². The highest BCUT2D eigenvalue weighted by molar-refractivity contribution is 7.89. The van der Waals surface area contributed by atoms with Crippen LogP contribution >= 0.6 is 0 Å². The molecule has 0 spiro atoms. The summed E-state index contributed by atoms with van der Waals surface area (Å²) in [7, 11) is -1.23. The number of aromatic nitrogens is 1. The third-order valence-electron chi connectivity index (χ3n) is 3.89. The normalized spacial score (nSPS) is 23.6. The number of hydrogen-bond acceptors (Lipinski definition) is 4. The third-order valence-corrected chi connectivity index (χ3v) is 5.32. The number of nitrogens with zero attached hydrogens (tertiary/aromatic N) is 1. The number of hydrogen-bond donors (Lipinski definition) is 2. The average Bonchev–Trinajstić information content (AvgIpc) is 2.47. The van der Waals surface area contributed by atoms with E-state index in [-0.39, 0.29) is 11.8 Å². The van der Waals surface area contributed by atoms with Gasteiger partial charge in [0.25, 0.3) is 0 Å². The molecule has 1 aromatic rings. The van der Waals surface area contributed by atoms with Gasteiger partial charge in [0.1, 0.15) is 0 Å². The number of aryl methyl sites for hydroxylation is 1. The van der Waals surface area contributed by atoms with E-state index in [2.05, 4.69) is 15.0 Å². The summed E-state index contributed by atoms with van der Waals surface area (Å²) < 4.78 is 27.0. The Morgan fingerprint density at radius 3 is 2.35 bits per heavy atom. The van der Waals surface area contributed by atoms with E-state index in [0.717, 1.165) is 31.2 Å². The van der Waals surface area contributed by atoms with Crippen molar-refractivity contribution in [2.45, 2.75) is 44.2 Å². The Kier molecular flexibility index (Phi) is 5.51. The Labute approximate surface area is 121 Å². The molecule has 1 saturated carbocycles. The molecule has 0 bridgehead atoms. The monoisotopic (exact) mass is 297 g/mol. The summed E-state index contributed by atoms with van der Waals surface area (Å²) in [5.74, 6) is 0.142.